The van der Waals surface area contributed by atoms with E-state index in [1.54, 1.807) is 0 Å². The molecule has 6 nitrogen and oxygen atoms in total. The van der Waals surface area contributed by atoms with Gasteiger partial charge in [0.1, 0.15) is 0 Å². The van der Waals surface area contributed by atoms with Crippen LogP contribution in [0.5, 0.6) is 0 Å². The zero-order chi connectivity index (χ0) is 17.8. The van der Waals surface area contributed by atoms with Crippen LogP contribution in [0.3, 0.4) is 0 Å². The number of rotatable bonds is 9. The maximum atomic E-state index is 12.4. The second kappa shape index (κ2) is 8.49. The summed E-state index contributed by atoms with van der Waals surface area (Å²) < 4.78 is 0. The van der Waals surface area contributed by atoms with E-state index < -0.39 is 0 Å². The number of hydrogen-bond acceptors (Lipinski definition) is 4. The Morgan fingerprint density at radius 3 is 1.84 bits per heavy atom. The zero-order valence-electron chi connectivity index (χ0n) is 15.9. The van der Waals surface area contributed by atoms with Gasteiger partial charge in [-0.2, -0.15) is 0 Å². The summed E-state index contributed by atoms with van der Waals surface area (Å²) in [5, 5.41) is 3.31. The van der Waals surface area contributed by atoms with Crippen molar-refractivity contribution in [1.82, 2.24) is 20.0 Å². The Labute approximate surface area is 151 Å². The lowest BCUT2D eigenvalue weighted by atomic mass is 10.1. The third kappa shape index (κ3) is 5.42. The molecule has 0 radical (unpaired) electrons. The van der Waals surface area contributed by atoms with Gasteiger partial charge in [-0.25, -0.2) is 0 Å². The van der Waals surface area contributed by atoms with E-state index in [9.17, 15) is 9.59 Å². The molecule has 0 atom stereocenters. The molecule has 3 rings (SSSR count). The van der Waals surface area contributed by atoms with Crippen LogP contribution in [0.25, 0.3) is 0 Å². The molecule has 0 aromatic rings. The van der Waals surface area contributed by atoms with Crippen LogP contribution in [0.15, 0.2) is 0 Å². The van der Waals surface area contributed by atoms with Crippen LogP contribution >= 0.6 is 0 Å². The number of amides is 2. The number of hydrogen-bond donors (Lipinski definition) is 1. The highest BCUT2D eigenvalue weighted by Crippen LogP contribution is 2.44. The van der Waals surface area contributed by atoms with Crippen LogP contribution in [-0.2, 0) is 9.59 Å². The van der Waals surface area contributed by atoms with Crippen molar-refractivity contribution in [3.8, 4) is 0 Å². The van der Waals surface area contributed by atoms with E-state index in [-0.39, 0.29) is 11.8 Å². The Morgan fingerprint density at radius 2 is 1.40 bits per heavy atom. The summed E-state index contributed by atoms with van der Waals surface area (Å²) in [5.41, 5.74) is 0. The number of carbonyl (C=O) groups excluding carboxylic acids is 2. The van der Waals surface area contributed by atoms with Gasteiger partial charge in [0.2, 0.25) is 11.8 Å². The van der Waals surface area contributed by atoms with Gasteiger partial charge in [0.15, 0.2) is 0 Å². The number of piperazine rings is 1. The van der Waals surface area contributed by atoms with E-state index in [2.05, 4.69) is 15.1 Å². The predicted molar refractivity (Wildman–Crippen MR) is 98.2 cm³/mol. The third-order valence-electron chi connectivity index (χ3n) is 5.89. The summed E-state index contributed by atoms with van der Waals surface area (Å²) in [6, 6.07) is 0.445. The molecule has 2 aliphatic carbocycles. The van der Waals surface area contributed by atoms with Crippen molar-refractivity contribution < 1.29 is 9.59 Å². The lowest BCUT2D eigenvalue weighted by Crippen LogP contribution is -2.52. The first kappa shape index (κ1) is 18.6. The monoisotopic (exact) mass is 350 g/mol. The molecule has 3 fully saturated rings. The van der Waals surface area contributed by atoms with Crippen LogP contribution in [0.1, 0.15) is 39.5 Å². The summed E-state index contributed by atoms with van der Waals surface area (Å²) in [6.07, 6.45) is 5.17. The Kier molecular flexibility index (Phi) is 6.34. The van der Waals surface area contributed by atoms with Gasteiger partial charge in [-0.1, -0.05) is 0 Å². The van der Waals surface area contributed by atoms with Crippen molar-refractivity contribution in [2.45, 2.75) is 45.6 Å². The maximum Gasteiger partial charge on any atom is 0.236 e. The molecule has 2 amide bonds. The predicted octanol–water partition coefficient (Wildman–Crippen LogP) is 0.777. The van der Waals surface area contributed by atoms with Crippen LogP contribution in [-0.4, -0.2) is 84.9 Å². The van der Waals surface area contributed by atoms with Crippen molar-refractivity contribution in [2.24, 2.45) is 11.8 Å². The molecule has 1 N–H and O–H groups in total. The highest BCUT2D eigenvalue weighted by Gasteiger charge is 2.42. The van der Waals surface area contributed by atoms with Gasteiger partial charge < -0.3 is 10.2 Å². The number of carbonyl (C=O) groups is 2. The minimum Gasteiger partial charge on any atom is -0.352 e. The second-order valence-corrected chi connectivity index (χ2v) is 7.89. The Hall–Kier alpha value is -1.14. The van der Waals surface area contributed by atoms with Gasteiger partial charge in [-0.05, 0) is 51.4 Å². The normalized spacial score (nSPS) is 22.2. The van der Waals surface area contributed by atoms with Gasteiger partial charge in [-0.3, -0.25) is 19.4 Å². The quantitative estimate of drug-likeness (QED) is 0.668. The maximum absolute atomic E-state index is 12.4. The van der Waals surface area contributed by atoms with E-state index in [0.29, 0.717) is 19.1 Å². The first-order valence-corrected chi connectivity index (χ1v) is 10.1. The molecule has 0 spiro atoms. The number of nitrogens with zero attached hydrogens (tertiary/aromatic N) is 3. The molecule has 0 aromatic carbocycles. The summed E-state index contributed by atoms with van der Waals surface area (Å²) in [6.45, 7) is 10.1. The van der Waals surface area contributed by atoms with E-state index in [0.717, 1.165) is 51.1 Å². The highest BCUT2D eigenvalue weighted by atomic mass is 16.2. The molecular formula is C19H34N4O2. The van der Waals surface area contributed by atoms with Gasteiger partial charge in [0.05, 0.1) is 13.1 Å². The Balaban J connectivity index is 1.36. The zero-order valence-corrected chi connectivity index (χ0v) is 15.9. The van der Waals surface area contributed by atoms with Crippen LogP contribution in [0.2, 0.25) is 0 Å². The van der Waals surface area contributed by atoms with E-state index in [4.69, 9.17) is 0 Å². The minimum absolute atomic E-state index is 0.191. The highest BCUT2D eigenvalue weighted by molar-refractivity contribution is 5.79. The summed E-state index contributed by atoms with van der Waals surface area (Å²) in [4.78, 5) is 30.9. The van der Waals surface area contributed by atoms with Crippen LogP contribution < -0.4 is 5.32 Å². The average molecular weight is 351 g/mol. The van der Waals surface area contributed by atoms with Crippen molar-refractivity contribution in [3.05, 3.63) is 0 Å². The van der Waals surface area contributed by atoms with Crippen LogP contribution in [0.4, 0.5) is 0 Å². The first-order chi connectivity index (χ1) is 12.1. The SMILES string of the molecule is CCN(CC)C(=O)CN1CCN(CC(=O)NC(C2CC2)C2CC2)CC1. The van der Waals surface area contributed by atoms with Gasteiger partial charge in [-0.15, -0.1) is 0 Å². The summed E-state index contributed by atoms with van der Waals surface area (Å²) >= 11 is 0. The fourth-order valence-corrected chi connectivity index (χ4v) is 3.94. The van der Waals surface area contributed by atoms with Crippen LogP contribution in [0, 0.1) is 11.8 Å². The molecule has 0 bridgehead atoms. The van der Waals surface area contributed by atoms with Crippen molar-refractivity contribution >= 4 is 11.8 Å². The minimum atomic E-state index is 0.191. The van der Waals surface area contributed by atoms with Crippen molar-refractivity contribution in [2.75, 3.05) is 52.4 Å². The van der Waals surface area contributed by atoms with Gasteiger partial charge >= 0.3 is 0 Å². The van der Waals surface area contributed by atoms with Crippen molar-refractivity contribution in [3.63, 3.8) is 0 Å². The molecule has 3 aliphatic rings. The number of nitrogens with one attached hydrogen (secondary N) is 1. The number of likely N-dealkylation sites (N-methyl/N-ethyl adjacent to an activating group) is 1. The standard InChI is InChI=1S/C19H34N4O2/c1-3-23(4-2)18(25)14-22-11-9-21(10-12-22)13-17(24)20-19(15-5-6-15)16-7-8-16/h15-16,19H,3-14H2,1-2H3,(H,20,24). The Bertz CT molecular complexity index is 452. The Morgan fingerprint density at radius 1 is 0.920 bits per heavy atom. The fraction of sp³-hybridized carbons (Fsp3) is 0.895. The molecule has 25 heavy (non-hydrogen) atoms. The second-order valence-electron chi connectivity index (χ2n) is 7.89. The molecular weight excluding hydrogens is 316 g/mol. The molecule has 6 heteroatoms. The molecule has 142 valence electrons. The lowest BCUT2D eigenvalue weighted by molar-refractivity contribution is -0.133. The molecule has 1 aliphatic heterocycles. The van der Waals surface area contributed by atoms with Crippen molar-refractivity contribution in [1.29, 1.82) is 0 Å². The smallest absolute Gasteiger partial charge is 0.236 e. The van der Waals surface area contributed by atoms with E-state index in [1.165, 1.54) is 25.7 Å². The van der Waals surface area contributed by atoms with E-state index >= 15 is 0 Å². The summed E-state index contributed by atoms with van der Waals surface area (Å²) in [7, 11) is 0. The molecule has 1 heterocycles. The first-order valence-electron chi connectivity index (χ1n) is 10.1. The fourth-order valence-electron chi connectivity index (χ4n) is 3.94. The van der Waals surface area contributed by atoms with Gasteiger partial charge in [0.25, 0.3) is 0 Å². The van der Waals surface area contributed by atoms with Gasteiger partial charge in [0, 0.05) is 45.3 Å². The molecule has 0 unspecified atom stereocenters. The summed E-state index contributed by atoms with van der Waals surface area (Å²) in [5.74, 6) is 1.91. The lowest BCUT2D eigenvalue weighted by Gasteiger charge is -2.35. The largest absolute Gasteiger partial charge is 0.352 e. The topological polar surface area (TPSA) is 55.9 Å². The average Bonchev–Trinajstić information content (AvgIpc) is 3.49. The third-order valence-corrected chi connectivity index (χ3v) is 5.89. The molecule has 0 aromatic heterocycles. The molecule has 1 saturated heterocycles. The van der Waals surface area contributed by atoms with E-state index in [1.807, 2.05) is 18.7 Å². The molecule has 2 saturated carbocycles.